The molecule has 4 N–H and O–H groups in total. The van der Waals surface area contributed by atoms with Gasteiger partial charge in [-0.3, -0.25) is 5.73 Å². The zero-order chi connectivity index (χ0) is 7.71. The Morgan fingerprint density at radius 3 is 1.80 bits per heavy atom. The third-order valence-corrected chi connectivity index (χ3v) is 1.87. The minimum atomic E-state index is -1.93. The first-order valence-corrected chi connectivity index (χ1v) is 3.12. The van der Waals surface area contributed by atoms with Crippen molar-refractivity contribution in [2.24, 2.45) is 11.5 Å². The van der Waals surface area contributed by atoms with Crippen LogP contribution in [0, 0.1) is 0 Å². The molecule has 0 radical (unpaired) electrons. The Balaban J connectivity index is 0. The van der Waals surface area contributed by atoms with E-state index in [1.54, 1.807) is 0 Å². The Kier molecular flexibility index (Phi) is 5.78. The molecule has 10 heavy (non-hydrogen) atoms. The van der Waals surface area contributed by atoms with Gasteiger partial charge in [-0.1, -0.05) is 23.2 Å². The van der Waals surface area contributed by atoms with E-state index in [1.165, 1.54) is 0 Å². The maximum Gasteiger partial charge on any atom is 0.201 e. The fourth-order valence-corrected chi connectivity index (χ4v) is 0.290. The van der Waals surface area contributed by atoms with Gasteiger partial charge in [-0.2, -0.15) is 0 Å². The molecule has 0 amide bonds. The molecule has 0 aromatic carbocycles. The van der Waals surface area contributed by atoms with Gasteiger partial charge in [0.05, 0.1) is 0 Å². The standard InChI is InChI=1S/C4H9Cl2FN2.Pt/c1-3(7,2-8)4(5,6)9;/h2,8-9H2,1H3;. The first-order valence-electron chi connectivity index (χ1n) is 2.37. The number of alkyl halides is 3. The summed E-state index contributed by atoms with van der Waals surface area (Å²) >= 11 is 10.4. The van der Waals surface area contributed by atoms with Crippen LogP contribution < -0.4 is 11.5 Å². The van der Waals surface area contributed by atoms with Gasteiger partial charge >= 0.3 is 0 Å². The monoisotopic (exact) mass is 369 g/mol. The molecule has 66 valence electrons. The van der Waals surface area contributed by atoms with Gasteiger partial charge in [0.1, 0.15) is 0 Å². The number of nitrogens with two attached hydrogens (primary N) is 2. The van der Waals surface area contributed by atoms with E-state index in [0.29, 0.717) is 0 Å². The fourth-order valence-electron chi connectivity index (χ4n) is 0.136. The average molecular weight is 370 g/mol. The molecule has 0 aromatic heterocycles. The quantitative estimate of drug-likeness (QED) is 0.557. The summed E-state index contributed by atoms with van der Waals surface area (Å²) < 4.78 is 10.9. The van der Waals surface area contributed by atoms with Crippen LogP contribution in [0.15, 0.2) is 0 Å². The van der Waals surface area contributed by atoms with Crippen LogP contribution in [0.1, 0.15) is 6.92 Å². The predicted molar refractivity (Wildman–Crippen MR) is 37.2 cm³/mol. The summed E-state index contributed by atoms with van der Waals surface area (Å²) in [4.78, 5) is 0. The normalized spacial score (nSPS) is 17.4. The molecule has 1 atom stereocenters. The van der Waals surface area contributed by atoms with E-state index in [1.807, 2.05) is 0 Å². The second kappa shape index (κ2) is 4.22. The second-order valence-electron chi connectivity index (χ2n) is 2.02. The van der Waals surface area contributed by atoms with Crippen molar-refractivity contribution >= 4 is 23.2 Å². The molecule has 6 heteroatoms. The molecule has 0 bridgehead atoms. The van der Waals surface area contributed by atoms with Crippen molar-refractivity contribution in [2.45, 2.75) is 17.0 Å². The molecule has 0 heterocycles. The Bertz CT molecular complexity index is 104. The molecule has 2 nitrogen and oxygen atoms in total. The van der Waals surface area contributed by atoms with Crippen LogP contribution in [-0.4, -0.2) is 16.7 Å². The predicted octanol–water partition coefficient (Wildman–Crippen LogP) is 0.761. The van der Waals surface area contributed by atoms with Crippen molar-refractivity contribution in [1.29, 1.82) is 0 Å². The van der Waals surface area contributed by atoms with Crippen molar-refractivity contribution in [3.63, 3.8) is 0 Å². The Hall–Kier alpha value is 1.12. The van der Waals surface area contributed by atoms with Gasteiger partial charge in [-0.05, 0) is 6.92 Å². The zero-order valence-corrected chi connectivity index (χ0v) is 9.10. The molecule has 0 aromatic rings. The van der Waals surface area contributed by atoms with Crippen molar-refractivity contribution in [3.8, 4) is 0 Å². The third-order valence-electron chi connectivity index (χ3n) is 1.08. The second-order valence-corrected chi connectivity index (χ2v) is 3.41. The van der Waals surface area contributed by atoms with E-state index in [0.717, 1.165) is 6.92 Å². The summed E-state index contributed by atoms with van der Waals surface area (Å²) in [6.07, 6.45) is 0. The molecule has 1 unspecified atom stereocenters. The molecule has 0 aliphatic carbocycles. The number of hydrogen-bond acceptors (Lipinski definition) is 2. The molecular weight excluding hydrogens is 361 g/mol. The topological polar surface area (TPSA) is 52.0 Å². The minimum Gasteiger partial charge on any atom is -0.327 e. The summed E-state index contributed by atoms with van der Waals surface area (Å²) in [6, 6.07) is 0. The van der Waals surface area contributed by atoms with Crippen LogP contribution >= 0.6 is 23.2 Å². The minimum absolute atomic E-state index is 0. The van der Waals surface area contributed by atoms with Gasteiger partial charge in [-0.15, -0.1) is 0 Å². The molecule has 0 rings (SSSR count). The van der Waals surface area contributed by atoms with E-state index in [4.69, 9.17) is 34.7 Å². The number of halogens is 3. The Morgan fingerprint density at radius 2 is 1.80 bits per heavy atom. The van der Waals surface area contributed by atoms with Gasteiger partial charge < -0.3 is 5.73 Å². The summed E-state index contributed by atoms with van der Waals surface area (Å²) in [5.74, 6) is 0. The third kappa shape index (κ3) is 3.49. The van der Waals surface area contributed by atoms with E-state index in [2.05, 4.69) is 0 Å². The fraction of sp³-hybridized carbons (Fsp3) is 1.00. The molecule has 0 fully saturated rings. The molecular formula is C4H9Cl2FN2Pt. The number of rotatable bonds is 2. The van der Waals surface area contributed by atoms with Gasteiger partial charge in [0.15, 0.2) is 5.67 Å². The van der Waals surface area contributed by atoms with Crippen LogP contribution in [0.5, 0.6) is 0 Å². The van der Waals surface area contributed by atoms with E-state index >= 15 is 0 Å². The SMILES string of the molecule is CC(F)(CN)C(N)(Cl)Cl.[Pt]. The molecule has 0 aliphatic heterocycles. The van der Waals surface area contributed by atoms with Crippen LogP contribution in [0.4, 0.5) is 4.39 Å². The maximum absolute atomic E-state index is 12.8. The summed E-state index contributed by atoms with van der Waals surface area (Å²) in [7, 11) is 0. The average Bonchev–Trinajstić information content (AvgIpc) is 1.64. The Morgan fingerprint density at radius 1 is 1.50 bits per heavy atom. The first-order chi connectivity index (χ1) is 3.81. The van der Waals surface area contributed by atoms with Crippen LogP contribution in [0.25, 0.3) is 0 Å². The van der Waals surface area contributed by atoms with Crippen molar-refractivity contribution in [3.05, 3.63) is 0 Å². The van der Waals surface area contributed by atoms with Gasteiger partial charge in [0.2, 0.25) is 4.46 Å². The number of hydrogen-bond donors (Lipinski definition) is 2. The van der Waals surface area contributed by atoms with Gasteiger partial charge in [0.25, 0.3) is 0 Å². The zero-order valence-electron chi connectivity index (χ0n) is 5.31. The molecule has 0 saturated carbocycles. The van der Waals surface area contributed by atoms with Crippen molar-refractivity contribution < 1.29 is 25.5 Å². The first kappa shape index (κ1) is 13.7. The molecule has 0 spiro atoms. The summed E-state index contributed by atoms with van der Waals surface area (Å²) in [5, 5.41) is 0. The van der Waals surface area contributed by atoms with Crippen LogP contribution in [-0.2, 0) is 21.1 Å². The van der Waals surface area contributed by atoms with Crippen molar-refractivity contribution in [1.82, 2.24) is 0 Å². The van der Waals surface area contributed by atoms with Gasteiger partial charge in [0, 0.05) is 27.6 Å². The van der Waals surface area contributed by atoms with E-state index < -0.39 is 10.1 Å². The van der Waals surface area contributed by atoms with E-state index in [9.17, 15) is 4.39 Å². The van der Waals surface area contributed by atoms with Crippen LogP contribution in [0.2, 0.25) is 0 Å². The Labute approximate surface area is 83.7 Å². The van der Waals surface area contributed by atoms with Crippen LogP contribution in [0.3, 0.4) is 0 Å². The molecule has 0 aliphatic rings. The van der Waals surface area contributed by atoms with Crippen molar-refractivity contribution in [2.75, 3.05) is 6.54 Å². The summed E-state index contributed by atoms with van der Waals surface area (Å²) in [5.41, 5.74) is 8.03. The van der Waals surface area contributed by atoms with Gasteiger partial charge in [-0.25, -0.2) is 4.39 Å². The molecule has 0 saturated heterocycles. The van der Waals surface area contributed by atoms with E-state index in [-0.39, 0.29) is 27.6 Å². The smallest absolute Gasteiger partial charge is 0.201 e. The maximum atomic E-state index is 12.8. The summed E-state index contributed by atoms with van der Waals surface area (Å²) in [6.45, 7) is 0.851. The largest absolute Gasteiger partial charge is 0.327 e.